The molecule has 1 fully saturated rings. The van der Waals surface area contributed by atoms with Crippen LogP contribution in [0.25, 0.3) is 11.0 Å². The van der Waals surface area contributed by atoms with E-state index < -0.39 is 0 Å². The van der Waals surface area contributed by atoms with Crippen molar-refractivity contribution in [3.63, 3.8) is 0 Å². The lowest BCUT2D eigenvalue weighted by Gasteiger charge is -2.40. The van der Waals surface area contributed by atoms with E-state index in [1.165, 1.54) is 19.3 Å². The summed E-state index contributed by atoms with van der Waals surface area (Å²) in [6, 6.07) is 9.07. The molecule has 3 rings (SSSR count). The molecule has 1 aromatic heterocycles. The van der Waals surface area contributed by atoms with Crippen LogP contribution in [-0.2, 0) is 0 Å². The quantitative estimate of drug-likeness (QED) is 0.937. The van der Waals surface area contributed by atoms with E-state index in [-0.39, 0.29) is 0 Å². The lowest BCUT2D eigenvalue weighted by Crippen LogP contribution is -2.51. The Morgan fingerprint density at radius 3 is 2.90 bits per heavy atom. The van der Waals surface area contributed by atoms with Crippen LogP contribution >= 0.6 is 0 Å². The molecule has 2 unspecified atom stereocenters. The highest BCUT2D eigenvalue weighted by Gasteiger charge is 2.28. The molecule has 1 saturated heterocycles. The fourth-order valence-corrected chi connectivity index (χ4v) is 3.31. The van der Waals surface area contributed by atoms with Crippen molar-refractivity contribution in [2.24, 2.45) is 0 Å². The smallest absolute Gasteiger partial charge is 0.148 e. The number of nitrogens with one attached hydrogen (secondary N) is 1. The van der Waals surface area contributed by atoms with E-state index in [9.17, 15) is 0 Å². The van der Waals surface area contributed by atoms with Gasteiger partial charge in [-0.15, -0.1) is 0 Å². The van der Waals surface area contributed by atoms with Crippen molar-refractivity contribution in [3.05, 3.63) is 30.5 Å². The Morgan fingerprint density at radius 1 is 1.29 bits per heavy atom. The molecule has 2 atom stereocenters. The number of piperidine rings is 1. The summed E-state index contributed by atoms with van der Waals surface area (Å²) in [5.74, 6) is 1.02. The van der Waals surface area contributed by atoms with Crippen LogP contribution in [0.5, 0.6) is 0 Å². The van der Waals surface area contributed by atoms with Crippen molar-refractivity contribution in [2.75, 3.05) is 18.0 Å². The highest BCUT2D eigenvalue weighted by molar-refractivity contribution is 5.75. The summed E-state index contributed by atoms with van der Waals surface area (Å²) >= 11 is 0. The van der Waals surface area contributed by atoms with Gasteiger partial charge < -0.3 is 10.2 Å². The molecule has 0 radical (unpaired) electrons. The van der Waals surface area contributed by atoms with Crippen molar-refractivity contribution in [3.8, 4) is 0 Å². The molecule has 2 aromatic rings. The predicted molar refractivity (Wildman–Crippen MR) is 87.7 cm³/mol. The summed E-state index contributed by atoms with van der Waals surface area (Å²) in [5, 5.41) is 3.56. The highest BCUT2D eigenvalue weighted by atomic mass is 15.2. The zero-order chi connectivity index (χ0) is 14.7. The van der Waals surface area contributed by atoms with Crippen LogP contribution in [-0.4, -0.2) is 35.1 Å². The standard InChI is InChI=1S/C17H24N4/c1-3-18-13(2)16-10-6-7-11-21(16)17-12-19-14-8-4-5-9-15(14)20-17/h4-5,8-9,12-13,16,18H,3,6-7,10-11H2,1-2H3. The van der Waals surface area contributed by atoms with Crippen LogP contribution in [0.2, 0.25) is 0 Å². The molecular weight excluding hydrogens is 260 g/mol. The van der Waals surface area contributed by atoms with E-state index in [1.54, 1.807) is 0 Å². The number of anilines is 1. The maximum atomic E-state index is 4.83. The summed E-state index contributed by atoms with van der Waals surface area (Å²) in [6.07, 6.45) is 5.70. The normalized spacial score (nSPS) is 20.7. The Bertz CT molecular complexity index is 598. The van der Waals surface area contributed by atoms with Crippen LogP contribution in [0.3, 0.4) is 0 Å². The Balaban J connectivity index is 1.90. The lowest BCUT2D eigenvalue weighted by molar-refractivity contribution is 0.370. The second-order valence-electron chi connectivity index (χ2n) is 5.82. The number of rotatable bonds is 4. The number of para-hydroxylation sites is 2. The Labute approximate surface area is 126 Å². The van der Waals surface area contributed by atoms with Gasteiger partial charge in [0.25, 0.3) is 0 Å². The monoisotopic (exact) mass is 284 g/mol. The molecule has 0 amide bonds. The molecule has 1 N–H and O–H groups in total. The molecule has 2 heterocycles. The minimum absolute atomic E-state index is 0.476. The predicted octanol–water partition coefficient (Wildman–Crippen LogP) is 2.99. The van der Waals surface area contributed by atoms with Gasteiger partial charge >= 0.3 is 0 Å². The molecule has 4 nitrogen and oxygen atoms in total. The number of fused-ring (bicyclic) bond motifs is 1. The van der Waals surface area contributed by atoms with E-state index in [0.29, 0.717) is 12.1 Å². The molecule has 21 heavy (non-hydrogen) atoms. The van der Waals surface area contributed by atoms with E-state index in [1.807, 2.05) is 30.5 Å². The van der Waals surface area contributed by atoms with E-state index in [4.69, 9.17) is 4.98 Å². The molecule has 112 valence electrons. The fraction of sp³-hybridized carbons (Fsp3) is 0.529. The molecule has 1 aliphatic rings. The van der Waals surface area contributed by atoms with Crippen molar-refractivity contribution in [2.45, 2.75) is 45.2 Å². The van der Waals surface area contributed by atoms with Gasteiger partial charge in [-0.05, 0) is 44.9 Å². The van der Waals surface area contributed by atoms with Gasteiger partial charge in [0.15, 0.2) is 0 Å². The first kappa shape index (κ1) is 14.3. The second-order valence-corrected chi connectivity index (χ2v) is 5.82. The Kier molecular flexibility index (Phi) is 4.34. The first-order valence-corrected chi connectivity index (χ1v) is 8.01. The molecule has 0 aliphatic carbocycles. The third kappa shape index (κ3) is 3.00. The summed E-state index contributed by atoms with van der Waals surface area (Å²) in [7, 11) is 0. The average molecular weight is 284 g/mol. The third-order valence-electron chi connectivity index (χ3n) is 4.38. The van der Waals surface area contributed by atoms with Gasteiger partial charge in [0.2, 0.25) is 0 Å². The van der Waals surface area contributed by atoms with Crippen molar-refractivity contribution < 1.29 is 0 Å². The molecule has 0 spiro atoms. The number of likely N-dealkylation sites (N-methyl/N-ethyl adjacent to an activating group) is 1. The number of nitrogens with zero attached hydrogens (tertiary/aromatic N) is 3. The van der Waals surface area contributed by atoms with E-state index in [0.717, 1.165) is 29.9 Å². The Hall–Kier alpha value is -1.68. The molecule has 0 bridgehead atoms. The maximum Gasteiger partial charge on any atom is 0.148 e. The molecule has 4 heteroatoms. The molecule has 1 aliphatic heterocycles. The van der Waals surface area contributed by atoms with Gasteiger partial charge in [0.1, 0.15) is 5.82 Å². The topological polar surface area (TPSA) is 41.0 Å². The van der Waals surface area contributed by atoms with Gasteiger partial charge in [-0.2, -0.15) is 0 Å². The number of hydrogen-bond donors (Lipinski definition) is 1. The summed E-state index contributed by atoms with van der Waals surface area (Å²) in [6.45, 7) is 6.53. The molecule has 0 saturated carbocycles. The number of aromatic nitrogens is 2. The van der Waals surface area contributed by atoms with Crippen molar-refractivity contribution in [1.29, 1.82) is 0 Å². The minimum Gasteiger partial charge on any atom is -0.351 e. The third-order valence-corrected chi connectivity index (χ3v) is 4.38. The first-order valence-electron chi connectivity index (χ1n) is 8.01. The van der Waals surface area contributed by atoms with Crippen LogP contribution in [0.4, 0.5) is 5.82 Å². The summed E-state index contributed by atoms with van der Waals surface area (Å²) in [4.78, 5) is 11.8. The average Bonchev–Trinajstić information content (AvgIpc) is 2.54. The summed E-state index contributed by atoms with van der Waals surface area (Å²) < 4.78 is 0. The lowest BCUT2D eigenvalue weighted by atomic mass is 9.96. The van der Waals surface area contributed by atoms with E-state index in [2.05, 4.69) is 29.0 Å². The van der Waals surface area contributed by atoms with Gasteiger partial charge in [0, 0.05) is 18.6 Å². The first-order chi connectivity index (χ1) is 10.3. The highest BCUT2D eigenvalue weighted by Crippen LogP contribution is 2.26. The fourth-order valence-electron chi connectivity index (χ4n) is 3.31. The SMILES string of the molecule is CCNC(C)C1CCCCN1c1cnc2ccccc2n1. The number of benzene rings is 1. The summed E-state index contributed by atoms with van der Waals surface area (Å²) in [5.41, 5.74) is 1.95. The zero-order valence-electron chi connectivity index (χ0n) is 12.9. The molecular formula is C17H24N4. The zero-order valence-corrected chi connectivity index (χ0v) is 12.9. The Morgan fingerprint density at radius 2 is 2.10 bits per heavy atom. The largest absolute Gasteiger partial charge is 0.351 e. The van der Waals surface area contributed by atoms with Gasteiger partial charge in [-0.1, -0.05) is 19.1 Å². The van der Waals surface area contributed by atoms with E-state index >= 15 is 0 Å². The van der Waals surface area contributed by atoms with Crippen LogP contribution < -0.4 is 10.2 Å². The number of hydrogen-bond acceptors (Lipinski definition) is 4. The van der Waals surface area contributed by atoms with Crippen molar-refractivity contribution >= 4 is 16.9 Å². The van der Waals surface area contributed by atoms with Gasteiger partial charge in [-0.25, -0.2) is 4.98 Å². The van der Waals surface area contributed by atoms with Gasteiger partial charge in [-0.3, -0.25) is 4.98 Å². The second kappa shape index (κ2) is 6.39. The minimum atomic E-state index is 0.476. The van der Waals surface area contributed by atoms with Crippen LogP contribution in [0.15, 0.2) is 30.5 Å². The maximum absolute atomic E-state index is 4.83. The van der Waals surface area contributed by atoms with Gasteiger partial charge in [0.05, 0.1) is 17.2 Å². The van der Waals surface area contributed by atoms with Crippen molar-refractivity contribution in [1.82, 2.24) is 15.3 Å². The molecule has 1 aromatic carbocycles. The van der Waals surface area contributed by atoms with Crippen LogP contribution in [0.1, 0.15) is 33.1 Å². The van der Waals surface area contributed by atoms with Crippen LogP contribution in [0, 0.1) is 0 Å².